The van der Waals surface area contributed by atoms with Crippen molar-refractivity contribution in [1.82, 2.24) is 4.98 Å². The first-order valence-electron chi connectivity index (χ1n) is 16.6. The highest BCUT2D eigenvalue weighted by molar-refractivity contribution is 8.00. The molecule has 4 aliphatic rings. The average molecular weight is 730 g/mol. The molecule has 8 rings (SSSR count). The lowest BCUT2D eigenvalue weighted by Crippen LogP contribution is -2.42. The number of methoxy groups -OCH3 is 1. The number of hydrogen-bond donors (Lipinski definition) is 2. The van der Waals surface area contributed by atoms with Crippen LogP contribution in [0.15, 0.2) is 76.6 Å². The van der Waals surface area contributed by atoms with Crippen molar-refractivity contribution in [2.24, 2.45) is 29.6 Å². The van der Waals surface area contributed by atoms with E-state index in [9.17, 15) is 28.4 Å². The van der Waals surface area contributed by atoms with Crippen LogP contribution >= 0.6 is 23.1 Å². The normalized spacial score (nSPS) is 25.6. The molecule has 2 aliphatic heterocycles. The minimum absolute atomic E-state index is 0.0131. The third-order valence-corrected chi connectivity index (χ3v) is 13.0. The molecule has 0 spiro atoms. The maximum absolute atomic E-state index is 14.0. The number of benzene rings is 3. The maximum Gasteiger partial charge on any atom is 0.338 e. The Morgan fingerprint density at radius 2 is 1.69 bits per heavy atom. The molecular formula is C37H32FN3O8S2. The smallest absolute Gasteiger partial charge is 0.338 e. The van der Waals surface area contributed by atoms with Crippen molar-refractivity contribution in [3.8, 4) is 11.5 Å². The number of aromatic amines is 1. The highest BCUT2D eigenvalue weighted by Crippen LogP contribution is 2.68. The molecule has 3 amide bonds. The van der Waals surface area contributed by atoms with Gasteiger partial charge in [-0.3, -0.25) is 24.1 Å². The molecule has 51 heavy (non-hydrogen) atoms. The van der Waals surface area contributed by atoms with E-state index in [1.165, 1.54) is 36.3 Å². The molecule has 4 aromatic rings. The van der Waals surface area contributed by atoms with E-state index < -0.39 is 29.5 Å². The summed E-state index contributed by atoms with van der Waals surface area (Å²) in [7, 11) is 1.51. The highest BCUT2D eigenvalue weighted by atomic mass is 32.2. The molecule has 7 atom stereocenters. The fourth-order valence-corrected chi connectivity index (χ4v) is 11.4. The molecular weight excluding hydrogens is 698 g/mol. The zero-order chi connectivity index (χ0) is 35.6. The number of thioether (sulfide) groups is 1. The molecule has 262 valence electrons. The van der Waals surface area contributed by atoms with Crippen LogP contribution in [0.25, 0.3) is 0 Å². The van der Waals surface area contributed by atoms with Gasteiger partial charge in [0.15, 0.2) is 18.1 Å². The minimum atomic E-state index is -0.501. The number of carbonyl (C=O) groups is 4. The third kappa shape index (κ3) is 5.60. The summed E-state index contributed by atoms with van der Waals surface area (Å²) in [6.07, 6.45) is 0.723. The number of H-pyrrole nitrogens is 1. The van der Waals surface area contributed by atoms with E-state index in [0.717, 1.165) is 33.2 Å². The van der Waals surface area contributed by atoms with Gasteiger partial charge in [0.05, 0.1) is 41.8 Å². The number of nitrogens with one attached hydrogen (secondary N) is 2. The van der Waals surface area contributed by atoms with Gasteiger partial charge in [-0.05, 0) is 97.3 Å². The summed E-state index contributed by atoms with van der Waals surface area (Å²) in [4.78, 5) is 70.1. The van der Waals surface area contributed by atoms with Crippen LogP contribution in [0.1, 0.15) is 40.1 Å². The van der Waals surface area contributed by atoms with Crippen LogP contribution in [0.4, 0.5) is 15.8 Å². The van der Waals surface area contributed by atoms with Crippen molar-refractivity contribution in [3.05, 3.63) is 98.2 Å². The van der Waals surface area contributed by atoms with Gasteiger partial charge in [-0.25, -0.2) is 9.18 Å². The Bertz CT molecular complexity index is 2120. The van der Waals surface area contributed by atoms with Crippen molar-refractivity contribution in [2.75, 3.05) is 30.5 Å². The molecule has 2 bridgehead atoms. The molecule has 2 saturated carbocycles. The number of halogens is 1. The highest BCUT2D eigenvalue weighted by Gasteiger charge is 2.69. The number of esters is 1. The topological polar surface area (TPSA) is 144 Å². The Labute approximate surface area is 299 Å². The molecule has 3 heterocycles. The molecule has 3 aromatic carbocycles. The van der Waals surface area contributed by atoms with Gasteiger partial charge in [0.25, 0.3) is 5.91 Å². The zero-order valence-corrected chi connectivity index (χ0v) is 29.1. The van der Waals surface area contributed by atoms with E-state index in [2.05, 4.69) is 10.3 Å². The molecule has 0 unspecified atom stereocenters. The van der Waals surface area contributed by atoms with Gasteiger partial charge in [-0.15, -0.1) is 11.8 Å². The van der Waals surface area contributed by atoms with Gasteiger partial charge in [0.1, 0.15) is 5.82 Å². The molecule has 3 fully saturated rings. The van der Waals surface area contributed by atoms with Crippen molar-refractivity contribution < 1.29 is 37.8 Å². The molecule has 14 heteroatoms. The quantitative estimate of drug-likeness (QED) is 0.170. The van der Waals surface area contributed by atoms with Crippen LogP contribution in [0, 0.1) is 35.4 Å². The van der Waals surface area contributed by atoms with E-state index in [-0.39, 0.29) is 58.8 Å². The molecule has 2 aliphatic carbocycles. The Balaban J connectivity index is 1.03. The maximum atomic E-state index is 14.0. The lowest BCUT2D eigenvalue weighted by molar-refractivity contribution is -0.123. The molecule has 1 aromatic heterocycles. The molecule has 1 saturated heterocycles. The second-order valence-electron chi connectivity index (χ2n) is 13.0. The van der Waals surface area contributed by atoms with Crippen LogP contribution in [-0.4, -0.2) is 54.2 Å². The van der Waals surface area contributed by atoms with Crippen LogP contribution in [-0.2, 0) is 19.1 Å². The first-order valence-corrected chi connectivity index (χ1v) is 18.3. The third-order valence-electron chi connectivity index (χ3n) is 10.4. The summed E-state index contributed by atoms with van der Waals surface area (Å²) < 4.78 is 30.3. The number of imide groups is 1. The largest absolute Gasteiger partial charge is 0.493 e. The first-order chi connectivity index (χ1) is 24.7. The van der Waals surface area contributed by atoms with Crippen molar-refractivity contribution in [1.29, 1.82) is 0 Å². The van der Waals surface area contributed by atoms with Gasteiger partial charge in [0.2, 0.25) is 11.8 Å². The fourth-order valence-electron chi connectivity index (χ4n) is 8.48. The molecule has 0 radical (unpaired) electrons. The van der Waals surface area contributed by atoms with Gasteiger partial charge in [-0.1, -0.05) is 17.4 Å². The van der Waals surface area contributed by atoms with Gasteiger partial charge < -0.3 is 24.5 Å². The predicted molar refractivity (Wildman–Crippen MR) is 187 cm³/mol. The summed E-state index contributed by atoms with van der Waals surface area (Å²) in [5, 5.41) is 3.51. The molecule has 11 nitrogen and oxygen atoms in total. The summed E-state index contributed by atoms with van der Waals surface area (Å²) in [5.74, 6) is -2.50. The van der Waals surface area contributed by atoms with Crippen molar-refractivity contribution >= 4 is 58.2 Å². The SMILES string of the molecule is CCOC(=O)c1ccc(NC(=O)COc2ccc([C@@H]3c4sc(=O)[nH]c4S[C@@H]4[C@@H]5C[C@@H]([C@@H]6C(=O)N(c7ccc(F)cc7)C(=O)[C@@H]56)[C@H]34)cc2OC)cc1. The minimum Gasteiger partial charge on any atom is -0.493 e. The predicted octanol–water partition coefficient (Wildman–Crippen LogP) is 5.46. The van der Waals surface area contributed by atoms with Gasteiger partial charge >= 0.3 is 10.8 Å². The standard InChI is InChI=1S/C37H32FN3O8S2/c1-3-48-36(45)17-4-9-20(10-5-17)39-26(42)16-49-24-13-6-18(14-25(24)47-2)27-28-22-15-23(31(28)50-33-32(27)51-37(46)40-33)30-29(22)34(43)41(35(30)44)21-11-7-19(38)8-12-21/h4-14,22-23,27-31H,3,15-16H2,1-2H3,(H,39,42)(H,40,46)/t22-,23-,27+,28-,29+,30+,31-/m1/s1. The van der Waals surface area contributed by atoms with Crippen molar-refractivity contribution in [2.45, 2.75) is 29.5 Å². The number of hydrogen-bond acceptors (Lipinski definition) is 10. The van der Waals surface area contributed by atoms with Gasteiger partial charge in [0, 0.05) is 21.7 Å². The first kappa shape index (κ1) is 33.2. The summed E-state index contributed by atoms with van der Waals surface area (Å²) in [5.41, 5.74) is 2.10. The Hall–Kier alpha value is -4.95. The summed E-state index contributed by atoms with van der Waals surface area (Å²) in [6.45, 7) is 1.68. The second-order valence-corrected chi connectivity index (χ2v) is 15.2. The van der Waals surface area contributed by atoms with Crippen LogP contribution < -0.4 is 24.6 Å². The van der Waals surface area contributed by atoms with E-state index in [4.69, 9.17) is 14.2 Å². The number of anilines is 2. The van der Waals surface area contributed by atoms with Crippen LogP contribution in [0.5, 0.6) is 11.5 Å². The second kappa shape index (κ2) is 13.0. The van der Waals surface area contributed by atoms with Gasteiger partial charge in [-0.2, -0.15) is 0 Å². The number of fused-ring (bicyclic) bond motifs is 9. The van der Waals surface area contributed by atoms with E-state index in [1.54, 1.807) is 49.0 Å². The Kier molecular flexibility index (Phi) is 8.45. The number of thiazole rings is 1. The monoisotopic (exact) mass is 729 g/mol. The Morgan fingerprint density at radius 3 is 2.39 bits per heavy atom. The number of amides is 3. The zero-order valence-electron chi connectivity index (χ0n) is 27.4. The summed E-state index contributed by atoms with van der Waals surface area (Å²) >= 11 is 2.74. The number of ether oxygens (including phenoxy) is 3. The Morgan fingerprint density at radius 1 is 0.961 bits per heavy atom. The summed E-state index contributed by atoms with van der Waals surface area (Å²) in [6, 6.07) is 17.2. The fraction of sp³-hybridized carbons (Fsp3) is 0.324. The lowest BCUT2D eigenvalue weighted by Gasteiger charge is -2.43. The molecule has 2 N–H and O–H groups in total. The van der Waals surface area contributed by atoms with Crippen LogP contribution in [0.3, 0.4) is 0 Å². The number of carbonyl (C=O) groups excluding carboxylic acids is 4. The van der Waals surface area contributed by atoms with Crippen LogP contribution in [0.2, 0.25) is 0 Å². The van der Waals surface area contributed by atoms with E-state index in [1.807, 2.05) is 12.1 Å². The number of rotatable bonds is 9. The lowest BCUT2D eigenvalue weighted by atomic mass is 9.68. The van der Waals surface area contributed by atoms with E-state index >= 15 is 0 Å². The van der Waals surface area contributed by atoms with E-state index in [0.29, 0.717) is 28.4 Å². The average Bonchev–Trinajstić information content (AvgIpc) is 3.87. The number of nitrogens with zero attached hydrogens (tertiary/aromatic N) is 1. The van der Waals surface area contributed by atoms with Crippen molar-refractivity contribution in [3.63, 3.8) is 0 Å². The number of aromatic nitrogens is 1.